The summed E-state index contributed by atoms with van der Waals surface area (Å²) in [6, 6.07) is 4.62. The van der Waals surface area contributed by atoms with Crippen LogP contribution in [0.2, 0.25) is 0 Å². The molecule has 108 valence electrons. The van der Waals surface area contributed by atoms with Crippen molar-refractivity contribution in [3.8, 4) is 0 Å². The Bertz CT molecular complexity index is 587. The smallest absolute Gasteiger partial charge is 0.161 e. The van der Waals surface area contributed by atoms with Gasteiger partial charge in [-0.1, -0.05) is 6.92 Å². The SMILES string of the molecule is CCCc1nc2cccnc2n1C1CCCN1C(C)C. The number of likely N-dealkylation sites (tertiary alicyclic amines) is 1. The van der Waals surface area contributed by atoms with Gasteiger partial charge in [-0.2, -0.15) is 0 Å². The van der Waals surface area contributed by atoms with Crippen molar-refractivity contribution in [1.29, 1.82) is 0 Å². The van der Waals surface area contributed by atoms with E-state index in [9.17, 15) is 0 Å². The van der Waals surface area contributed by atoms with Gasteiger partial charge in [-0.15, -0.1) is 0 Å². The predicted octanol–water partition coefficient (Wildman–Crippen LogP) is 3.39. The van der Waals surface area contributed by atoms with Crippen LogP contribution in [-0.2, 0) is 6.42 Å². The van der Waals surface area contributed by atoms with Crippen LogP contribution in [0.1, 0.15) is 52.0 Å². The van der Waals surface area contributed by atoms with Gasteiger partial charge < -0.3 is 0 Å². The Morgan fingerprint density at radius 1 is 1.40 bits per heavy atom. The van der Waals surface area contributed by atoms with E-state index in [4.69, 9.17) is 4.98 Å². The van der Waals surface area contributed by atoms with Crippen LogP contribution in [0.5, 0.6) is 0 Å². The Hall–Kier alpha value is -1.42. The third-order valence-electron chi connectivity index (χ3n) is 4.22. The fourth-order valence-electron chi connectivity index (χ4n) is 3.34. The number of hydrogen-bond donors (Lipinski definition) is 0. The first kappa shape index (κ1) is 13.6. The first-order valence-corrected chi connectivity index (χ1v) is 7.80. The second-order valence-corrected chi connectivity index (χ2v) is 5.95. The molecule has 0 aliphatic carbocycles. The molecule has 20 heavy (non-hydrogen) atoms. The molecule has 0 amide bonds. The van der Waals surface area contributed by atoms with E-state index in [0.29, 0.717) is 12.2 Å². The first-order valence-electron chi connectivity index (χ1n) is 7.80. The van der Waals surface area contributed by atoms with Gasteiger partial charge in [0.2, 0.25) is 0 Å². The van der Waals surface area contributed by atoms with Crippen molar-refractivity contribution >= 4 is 11.2 Å². The average Bonchev–Trinajstić information content (AvgIpc) is 3.01. The van der Waals surface area contributed by atoms with Crippen LogP contribution in [0.3, 0.4) is 0 Å². The summed E-state index contributed by atoms with van der Waals surface area (Å²) in [6.07, 6.45) is 6.93. The molecule has 2 aromatic rings. The minimum absolute atomic E-state index is 0.427. The summed E-state index contributed by atoms with van der Waals surface area (Å²) in [7, 11) is 0. The number of pyridine rings is 1. The number of rotatable bonds is 4. The number of nitrogens with zero attached hydrogens (tertiary/aromatic N) is 4. The Morgan fingerprint density at radius 3 is 3.00 bits per heavy atom. The van der Waals surface area contributed by atoms with Gasteiger partial charge >= 0.3 is 0 Å². The third-order valence-corrected chi connectivity index (χ3v) is 4.22. The molecule has 1 saturated heterocycles. The molecular formula is C16H24N4. The summed E-state index contributed by atoms with van der Waals surface area (Å²) >= 11 is 0. The van der Waals surface area contributed by atoms with E-state index >= 15 is 0 Å². The molecule has 1 fully saturated rings. The average molecular weight is 272 g/mol. The Balaban J connectivity index is 2.10. The zero-order valence-electron chi connectivity index (χ0n) is 12.7. The maximum absolute atomic E-state index is 4.81. The second-order valence-electron chi connectivity index (χ2n) is 5.95. The van der Waals surface area contributed by atoms with E-state index in [2.05, 4.69) is 41.3 Å². The lowest BCUT2D eigenvalue weighted by molar-refractivity contribution is 0.152. The molecule has 1 aliphatic heterocycles. The standard InChI is InChI=1S/C16H24N4/c1-4-7-14-18-13-8-5-10-17-16(13)20(14)15-9-6-11-19(15)12(2)3/h5,8,10,12,15H,4,6-7,9,11H2,1-3H3. The van der Waals surface area contributed by atoms with Crippen LogP contribution in [0.4, 0.5) is 0 Å². The zero-order valence-corrected chi connectivity index (χ0v) is 12.7. The lowest BCUT2D eigenvalue weighted by Crippen LogP contribution is -2.34. The molecule has 0 bridgehead atoms. The maximum Gasteiger partial charge on any atom is 0.161 e. The third kappa shape index (κ3) is 2.22. The van der Waals surface area contributed by atoms with Crippen LogP contribution in [0, 0.1) is 0 Å². The van der Waals surface area contributed by atoms with E-state index in [1.807, 2.05) is 12.3 Å². The highest BCUT2D eigenvalue weighted by Crippen LogP contribution is 2.32. The van der Waals surface area contributed by atoms with E-state index in [1.165, 1.54) is 25.2 Å². The Kier molecular flexibility index (Phi) is 3.74. The zero-order chi connectivity index (χ0) is 14.1. The lowest BCUT2D eigenvalue weighted by Gasteiger charge is -2.30. The highest BCUT2D eigenvalue weighted by molar-refractivity contribution is 5.71. The molecule has 0 N–H and O–H groups in total. The van der Waals surface area contributed by atoms with Crippen molar-refractivity contribution in [2.24, 2.45) is 0 Å². The van der Waals surface area contributed by atoms with Crippen LogP contribution in [0.25, 0.3) is 11.2 Å². The summed E-state index contributed by atoms with van der Waals surface area (Å²) in [5, 5.41) is 0. The van der Waals surface area contributed by atoms with Gasteiger partial charge in [-0.05, 0) is 45.2 Å². The van der Waals surface area contributed by atoms with Crippen molar-refractivity contribution in [1.82, 2.24) is 19.4 Å². The lowest BCUT2D eigenvalue weighted by atomic mass is 10.2. The number of aromatic nitrogens is 3. The molecule has 1 atom stereocenters. The molecule has 0 saturated carbocycles. The molecule has 0 aromatic carbocycles. The summed E-state index contributed by atoms with van der Waals surface area (Å²) in [4.78, 5) is 12.0. The van der Waals surface area contributed by atoms with Gasteiger partial charge in [0.1, 0.15) is 11.3 Å². The molecule has 0 radical (unpaired) electrons. The predicted molar refractivity (Wildman–Crippen MR) is 81.6 cm³/mol. The molecular weight excluding hydrogens is 248 g/mol. The van der Waals surface area contributed by atoms with Crippen LogP contribution in [-0.4, -0.2) is 32.0 Å². The normalized spacial score (nSPS) is 20.3. The minimum atomic E-state index is 0.427. The van der Waals surface area contributed by atoms with Crippen molar-refractivity contribution < 1.29 is 0 Å². The summed E-state index contributed by atoms with van der Waals surface area (Å²) < 4.78 is 2.39. The van der Waals surface area contributed by atoms with E-state index in [0.717, 1.165) is 24.0 Å². The van der Waals surface area contributed by atoms with Gasteiger partial charge in [0.25, 0.3) is 0 Å². The molecule has 3 heterocycles. The van der Waals surface area contributed by atoms with Crippen LogP contribution >= 0.6 is 0 Å². The van der Waals surface area contributed by atoms with Crippen molar-refractivity contribution in [2.75, 3.05) is 6.54 Å². The topological polar surface area (TPSA) is 34.0 Å². The highest BCUT2D eigenvalue weighted by Gasteiger charge is 2.30. The number of fused-ring (bicyclic) bond motifs is 1. The molecule has 1 aliphatic rings. The van der Waals surface area contributed by atoms with Gasteiger partial charge in [0.15, 0.2) is 5.65 Å². The van der Waals surface area contributed by atoms with Gasteiger partial charge in [-0.25, -0.2) is 9.97 Å². The molecule has 4 nitrogen and oxygen atoms in total. The van der Waals surface area contributed by atoms with E-state index in [-0.39, 0.29) is 0 Å². The summed E-state index contributed by atoms with van der Waals surface area (Å²) in [5.74, 6) is 1.19. The van der Waals surface area contributed by atoms with E-state index in [1.54, 1.807) is 0 Å². The fourth-order valence-corrected chi connectivity index (χ4v) is 3.34. The van der Waals surface area contributed by atoms with Crippen molar-refractivity contribution in [2.45, 2.75) is 58.7 Å². The first-order chi connectivity index (χ1) is 9.72. The molecule has 2 aromatic heterocycles. The second kappa shape index (κ2) is 5.52. The molecule has 4 heteroatoms. The molecule has 0 spiro atoms. The van der Waals surface area contributed by atoms with Gasteiger partial charge in [0.05, 0.1) is 6.17 Å². The van der Waals surface area contributed by atoms with Gasteiger partial charge in [0, 0.05) is 25.2 Å². The maximum atomic E-state index is 4.81. The van der Waals surface area contributed by atoms with Crippen LogP contribution in [0.15, 0.2) is 18.3 Å². The fraction of sp³-hybridized carbons (Fsp3) is 0.625. The highest BCUT2D eigenvalue weighted by atomic mass is 15.4. The largest absolute Gasteiger partial charge is 0.296 e. The summed E-state index contributed by atoms with van der Waals surface area (Å²) in [6.45, 7) is 7.96. The monoisotopic (exact) mass is 272 g/mol. The quantitative estimate of drug-likeness (QED) is 0.855. The Morgan fingerprint density at radius 2 is 2.25 bits per heavy atom. The number of hydrogen-bond acceptors (Lipinski definition) is 3. The van der Waals surface area contributed by atoms with E-state index < -0.39 is 0 Å². The summed E-state index contributed by atoms with van der Waals surface area (Å²) in [5.41, 5.74) is 2.08. The van der Waals surface area contributed by atoms with Gasteiger partial charge in [-0.3, -0.25) is 9.47 Å². The molecule has 3 rings (SSSR count). The number of imidazole rings is 1. The van der Waals surface area contributed by atoms with Crippen molar-refractivity contribution in [3.05, 3.63) is 24.2 Å². The Labute approximate surface area is 120 Å². The van der Waals surface area contributed by atoms with Crippen LogP contribution < -0.4 is 0 Å². The minimum Gasteiger partial charge on any atom is -0.296 e. The molecule has 1 unspecified atom stereocenters. The van der Waals surface area contributed by atoms with Crippen molar-refractivity contribution in [3.63, 3.8) is 0 Å². The number of aryl methyl sites for hydroxylation is 1.